The molecule has 3 aliphatic rings. The minimum Gasteiger partial charge on any atom is -0.361 e. The first-order chi connectivity index (χ1) is 14.7. The molecule has 5 rings (SSSR count). The van der Waals surface area contributed by atoms with Gasteiger partial charge in [-0.15, -0.1) is 0 Å². The molecule has 3 N–H and O–H groups in total. The molecule has 2 aromatic rings. The van der Waals surface area contributed by atoms with Crippen molar-refractivity contribution in [2.75, 3.05) is 22.1 Å². The van der Waals surface area contributed by atoms with Crippen LogP contribution in [0.25, 0.3) is 0 Å². The predicted octanol–water partition coefficient (Wildman–Crippen LogP) is 4.18. The van der Waals surface area contributed by atoms with Gasteiger partial charge in [-0.2, -0.15) is 0 Å². The highest BCUT2D eigenvalue weighted by atomic mass is 16.2. The van der Waals surface area contributed by atoms with Crippen molar-refractivity contribution in [1.29, 1.82) is 0 Å². The third-order valence-corrected chi connectivity index (χ3v) is 5.35. The summed E-state index contributed by atoms with van der Waals surface area (Å²) in [5.41, 5.74) is 7.18. The summed E-state index contributed by atoms with van der Waals surface area (Å²) in [5.74, 6) is 0.809. The molecule has 30 heavy (non-hydrogen) atoms. The fourth-order valence-corrected chi connectivity index (χ4v) is 3.95. The van der Waals surface area contributed by atoms with Crippen LogP contribution in [-0.2, 0) is 11.2 Å². The normalized spacial score (nSPS) is 16.6. The zero-order valence-corrected chi connectivity index (χ0v) is 16.6. The van der Waals surface area contributed by atoms with Crippen molar-refractivity contribution in [2.45, 2.75) is 13.3 Å². The number of rotatable bonds is 4. The molecule has 3 heterocycles. The molecule has 0 unspecified atom stereocenters. The fourth-order valence-electron chi connectivity index (χ4n) is 3.95. The molecule has 1 aromatic carbocycles. The standard InChI is InChI=1S/C24H22N5O/c1-16(30)29-13-10-17-4-2-6-22(24(17)29)27-20-9-12-26-23(15-20)28-19-7-8-21-18(14-19)5-3-11-25-21/h2-9,11-12,14-15,25H,10,13H2,1H3,(H2,26,27,28). The Bertz CT molecular complexity index is 1140. The van der Waals surface area contributed by atoms with E-state index in [0.29, 0.717) is 0 Å². The number of allylic oxidation sites excluding steroid dienone is 4. The highest BCUT2D eigenvalue weighted by Crippen LogP contribution is 2.37. The van der Waals surface area contributed by atoms with E-state index in [1.807, 2.05) is 53.9 Å². The van der Waals surface area contributed by atoms with Crippen LogP contribution >= 0.6 is 0 Å². The maximum absolute atomic E-state index is 12.0. The Hall–Kier alpha value is -3.80. The van der Waals surface area contributed by atoms with E-state index in [9.17, 15) is 4.79 Å². The highest BCUT2D eigenvalue weighted by Gasteiger charge is 2.25. The molecule has 0 spiro atoms. The average Bonchev–Trinajstić information content (AvgIpc) is 3.20. The molecule has 0 atom stereocenters. The van der Waals surface area contributed by atoms with Gasteiger partial charge in [-0.1, -0.05) is 24.3 Å². The predicted molar refractivity (Wildman–Crippen MR) is 120 cm³/mol. The van der Waals surface area contributed by atoms with Crippen molar-refractivity contribution in [3.63, 3.8) is 0 Å². The lowest BCUT2D eigenvalue weighted by Crippen LogP contribution is -2.26. The third-order valence-electron chi connectivity index (χ3n) is 5.35. The third kappa shape index (κ3) is 3.48. The molecule has 1 amide bonds. The molecule has 6 heteroatoms. The number of anilines is 4. The minimum absolute atomic E-state index is 0.0635. The second kappa shape index (κ2) is 7.55. The van der Waals surface area contributed by atoms with Gasteiger partial charge in [0.05, 0.1) is 11.4 Å². The molecule has 0 bridgehead atoms. The molecule has 0 saturated heterocycles. The second-order valence-corrected chi connectivity index (χ2v) is 7.39. The van der Waals surface area contributed by atoms with E-state index in [4.69, 9.17) is 0 Å². The quantitative estimate of drug-likeness (QED) is 0.724. The molecule has 0 saturated carbocycles. The van der Waals surface area contributed by atoms with Gasteiger partial charge in [0.2, 0.25) is 5.91 Å². The van der Waals surface area contributed by atoms with E-state index in [-0.39, 0.29) is 5.91 Å². The summed E-state index contributed by atoms with van der Waals surface area (Å²) in [7, 11) is 0. The summed E-state index contributed by atoms with van der Waals surface area (Å²) < 4.78 is 0. The lowest BCUT2D eigenvalue weighted by molar-refractivity contribution is -0.116. The van der Waals surface area contributed by atoms with Crippen molar-refractivity contribution in [3.05, 3.63) is 96.0 Å². The van der Waals surface area contributed by atoms with Gasteiger partial charge in [0, 0.05) is 55.4 Å². The Morgan fingerprint density at radius 1 is 1.20 bits per heavy atom. The molecule has 2 aliphatic heterocycles. The van der Waals surface area contributed by atoms with Crippen LogP contribution in [0, 0.1) is 6.42 Å². The number of pyridine rings is 1. The first-order valence-corrected chi connectivity index (χ1v) is 9.98. The van der Waals surface area contributed by atoms with Gasteiger partial charge in [-0.3, -0.25) is 4.79 Å². The van der Waals surface area contributed by atoms with Crippen LogP contribution in [0.1, 0.15) is 12.5 Å². The molecule has 1 aliphatic carbocycles. The van der Waals surface area contributed by atoms with Crippen LogP contribution in [0.5, 0.6) is 0 Å². The Kier molecular flexibility index (Phi) is 4.59. The van der Waals surface area contributed by atoms with Crippen LogP contribution in [-0.4, -0.2) is 17.4 Å². The van der Waals surface area contributed by atoms with Crippen molar-refractivity contribution in [2.24, 2.45) is 0 Å². The molecular weight excluding hydrogens is 374 g/mol. The zero-order chi connectivity index (χ0) is 20.5. The van der Waals surface area contributed by atoms with Gasteiger partial charge >= 0.3 is 0 Å². The van der Waals surface area contributed by atoms with E-state index in [1.54, 1.807) is 13.1 Å². The van der Waals surface area contributed by atoms with E-state index >= 15 is 0 Å². The van der Waals surface area contributed by atoms with Crippen molar-refractivity contribution >= 4 is 28.8 Å². The van der Waals surface area contributed by atoms with Crippen LogP contribution < -0.4 is 20.9 Å². The number of nitrogens with one attached hydrogen (secondary N) is 3. The number of nitrogens with zero attached hydrogens (tertiary/aromatic N) is 2. The summed E-state index contributed by atoms with van der Waals surface area (Å²) in [4.78, 5) is 18.3. The van der Waals surface area contributed by atoms with Crippen molar-refractivity contribution in [3.8, 4) is 0 Å². The van der Waals surface area contributed by atoms with Crippen molar-refractivity contribution < 1.29 is 4.79 Å². The van der Waals surface area contributed by atoms with Crippen LogP contribution in [0.15, 0.2) is 84.0 Å². The second-order valence-electron chi connectivity index (χ2n) is 7.39. The highest BCUT2D eigenvalue weighted by molar-refractivity contribution is 5.98. The van der Waals surface area contributed by atoms with Gasteiger partial charge in [-0.25, -0.2) is 4.98 Å². The maximum atomic E-state index is 12.0. The summed E-state index contributed by atoms with van der Waals surface area (Å²) in [5, 5.41) is 10.1. The fraction of sp³-hybridized carbons (Fsp3) is 0.125. The number of fused-ring (bicyclic) bond motifs is 2. The van der Waals surface area contributed by atoms with E-state index in [0.717, 1.165) is 52.8 Å². The summed E-state index contributed by atoms with van der Waals surface area (Å²) in [6.07, 6.45) is 14.8. The van der Waals surface area contributed by atoms with E-state index in [1.165, 1.54) is 5.56 Å². The number of hydrogen-bond donors (Lipinski definition) is 3. The number of carbonyl (C=O) groups is 1. The molecular formula is C24H22N5O. The van der Waals surface area contributed by atoms with Gasteiger partial charge in [0.25, 0.3) is 0 Å². The Balaban J connectivity index is 1.37. The number of hydrogen-bond acceptors (Lipinski definition) is 5. The largest absolute Gasteiger partial charge is 0.361 e. The Morgan fingerprint density at radius 3 is 3.03 bits per heavy atom. The van der Waals surface area contributed by atoms with E-state index in [2.05, 4.69) is 39.2 Å². The van der Waals surface area contributed by atoms with Gasteiger partial charge in [0.1, 0.15) is 5.82 Å². The van der Waals surface area contributed by atoms with E-state index < -0.39 is 0 Å². The first kappa shape index (κ1) is 18.2. The smallest absolute Gasteiger partial charge is 0.223 e. The number of carbonyl (C=O) groups excluding carboxylic acids is 1. The van der Waals surface area contributed by atoms with Gasteiger partial charge in [-0.05, 0) is 41.8 Å². The topological polar surface area (TPSA) is 69.3 Å². The Labute approximate surface area is 175 Å². The monoisotopic (exact) mass is 396 g/mol. The molecule has 1 radical (unpaired) electrons. The summed E-state index contributed by atoms with van der Waals surface area (Å²) >= 11 is 0. The van der Waals surface area contributed by atoms with Gasteiger partial charge < -0.3 is 20.9 Å². The SMILES string of the molecule is CC(=O)N1CCc2cccc(Nc3ccnc(NC4=CC5=CC=CNC5=C[CH]4)c3)c21. The molecule has 149 valence electrons. The van der Waals surface area contributed by atoms with Gasteiger partial charge in [0.15, 0.2) is 0 Å². The molecule has 1 aromatic heterocycles. The first-order valence-electron chi connectivity index (χ1n) is 9.98. The molecule has 6 nitrogen and oxygen atoms in total. The summed E-state index contributed by atoms with van der Waals surface area (Å²) in [6.45, 7) is 2.34. The lowest BCUT2D eigenvalue weighted by atomic mass is 10.0. The average molecular weight is 396 g/mol. The number of aromatic nitrogens is 1. The number of amides is 1. The number of para-hydroxylation sites is 1. The van der Waals surface area contributed by atoms with Crippen LogP contribution in [0.3, 0.4) is 0 Å². The van der Waals surface area contributed by atoms with Crippen molar-refractivity contribution in [1.82, 2.24) is 10.3 Å². The molecule has 0 fully saturated rings. The maximum Gasteiger partial charge on any atom is 0.223 e. The zero-order valence-electron chi connectivity index (χ0n) is 16.6. The minimum atomic E-state index is 0.0635. The van der Waals surface area contributed by atoms with Crippen LogP contribution in [0.2, 0.25) is 0 Å². The lowest BCUT2D eigenvalue weighted by Gasteiger charge is -2.21. The number of benzene rings is 1. The van der Waals surface area contributed by atoms with Crippen LogP contribution in [0.4, 0.5) is 22.9 Å². The number of dihydropyridines is 1. The Morgan fingerprint density at radius 2 is 2.13 bits per heavy atom. The summed E-state index contributed by atoms with van der Waals surface area (Å²) in [6, 6.07) is 10.0.